The number of halogens is 1. The molecule has 0 unspecified atom stereocenters. The number of anilines is 2. The number of pyridine rings is 1. The number of piperidine rings is 1. The van der Waals surface area contributed by atoms with Crippen LogP contribution in [-0.2, 0) is 0 Å². The molecule has 22 heavy (non-hydrogen) atoms. The van der Waals surface area contributed by atoms with Gasteiger partial charge in [-0.25, -0.2) is 15.0 Å². The lowest BCUT2D eigenvalue weighted by Crippen LogP contribution is -2.44. The third kappa shape index (κ3) is 3.30. The van der Waals surface area contributed by atoms with E-state index < -0.39 is 0 Å². The van der Waals surface area contributed by atoms with Gasteiger partial charge < -0.3 is 9.80 Å². The normalized spacial score (nSPS) is 15.9. The molecule has 2 aromatic heterocycles. The second kappa shape index (κ2) is 6.48. The van der Waals surface area contributed by atoms with Gasteiger partial charge in [0.15, 0.2) is 0 Å². The SMILES string of the molecule is Cc1cc(N(C)C2CCN(c3ccc(Cl)cn3)CC2)ncn1. The molecule has 0 aliphatic carbocycles. The Kier molecular flexibility index (Phi) is 4.43. The van der Waals surface area contributed by atoms with E-state index in [0.717, 1.165) is 43.3 Å². The molecule has 116 valence electrons. The van der Waals surface area contributed by atoms with Crippen LogP contribution >= 0.6 is 11.6 Å². The molecule has 1 saturated heterocycles. The Morgan fingerprint density at radius 3 is 2.59 bits per heavy atom. The van der Waals surface area contributed by atoms with Crippen molar-refractivity contribution in [3.8, 4) is 0 Å². The molecule has 0 atom stereocenters. The molecule has 0 spiro atoms. The fraction of sp³-hybridized carbons (Fsp3) is 0.438. The third-order valence-corrected chi connectivity index (χ3v) is 4.42. The number of aryl methyl sites for hydroxylation is 1. The zero-order valence-electron chi connectivity index (χ0n) is 12.9. The van der Waals surface area contributed by atoms with Gasteiger partial charge in [0, 0.05) is 44.1 Å². The summed E-state index contributed by atoms with van der Waals surface area (Å²) < 4.78 is 0. The Morgan fingerprint density at radius 2 is 1.95 bits per heavy atom. The minimum Gasteiger partial charge on any atom is -0.356 e. The van der Waals surface area contributed by atoms with Crippen molar-refractivity contribution in [2.45, 2.75) is 25.8 Å². The van der Waals surface area contributed by atoms with Crippen LogP contribution in [0.2, 0.25) is 5.02 Å². The summed E-state index contributed by atoms with van der Waals surface area (Å²) in [6, 6.07) is 6.41. The van der Waals surface area contributed by atoms with Gasteiger partial charge in [0.1, 0.15) is 18.0 Å². The molecule has 1 fully saturated rings. The van der Waals surface area contributed by atoms with Crippen LogP contribution in [0.15, 0.2) is 30.7 Å². The highest BCUT2D eigenvalue weighted by molar-refractivity contribution is 6.30. The van der Waals surface area contributed by atoms with Gasteiger partial charge in [-0.15, -0.1) is 0 Å². The van der Waals surface area contributed by atoms with Crippen molar-refractivity contribution in [2.24, 2.45) is 0 Å². The predicted octanol–water partition coefficient (Wildman–Crippen LogP) is 2.94. The summed E-state index contributed by atoms with van der Waals surface area (Å²) in [7, 11) is 2.11. The predicted molar refractivity (Wildman–Crippen MR) is 89.7 cm³/mol. The van der Waals surface area contributed by atoms with Crippen molar-refractivity contribution in [3.63, 3.8) is 0 Å². The zero-order chi connectivity index (χ0) is 15.5. The van der Waals surface area contributed by atoms with Gasteiger partial charge in [-0.3, -0.25) is 0 Å². The van der Waals surface area contributed by atoms with E-state index >= 15 is 0 Å². The Balaban J connectivity index is 1.62. The van der Waals surface area contributed by atoms with E-state index in [1.54, 1.807) is 12.5 Å². The van der Waals surface area contributed by atoms with Gasteiger partial charge in [0.25, 0.3) is 0 Å². The van der Waals surface area contributed by atoms with Crippen molar-refractivity contribution in [1.29, 1.82) is 0 Å². The van der Waals surface area contributed by atoms with E-state index in [-0.39, 0.29) is 0 Å². The van der Waals surface area contributed by atoms with E-state index in [1.807, 2.05) is 25.1 Å². The standard InChI is InChI=1S/C16H20ClN5/c1-12-9-16(20-11-19-12)21(2)14-5-7-22(8-6-14)15-4-3-13(17)10-18-15/h3-4,9-11,14H,5-8H2,1-2H3. The molecule has 1 aliphatic heterocycles. The molecule has 0 aromatic carbocycles. The van der Waals surface area contributed by atoms with Crippen LogP contribution in [0.5, 0.6) is 0 Å². The molecule has 3 rings (SSSR count). The number of rotatable bonds is 3. The maximum absolute atomic E-state index is 5.90. The lowest BCUT2D eigenvalue weighted by molar-refractivity contribution is 0.478. The van der Waals surface area contributed by atoms with Crippen LogP contribution in [0.1, 0.15) is 18.5 Å². The number of hydrogen-bond acceptors (Lipinski definition) is 5. The summed E-state index contributed by atoms with van der Waals surface area (Å²) in [5.41, 5.74) is 1.000. The van der Waals surface area contributed by atoms with E-state index in [0.29, 0.717) is 11.1 Å². The highest BCUT2D eigenvalue weighted by Gasteiger charge is 2.24. The minimum absolute atomic E-state index is 0.498. The van der Waals surface area contributed by atoms with Crippen LogP contribution < -0.4 is 9.80 Å². The summed E-state index contributed by atoms with van der Waals surface area (Å²) in [4.78, 5) is 17.5. The topological polar surface area (TPSA) is 45.2 Å². The van der Waals surface area contributed by atoms with Gasteiger partial charge in [-0.1, -0.05) is 11.6 Å². The summed E-state index contributed by atoms with van der Waals surface area (Å²) in [6.45, 7) is 3.98. The molecule has 0 radical (unpaired) electrons. The highest BCUT2D eigenvalue weighted by atomic mass is 35.5. The van der Waals surface area contributed by atoms with E-state index in [2.05, 4.69) is 31.8 Å². The first-order valence-corrected chi connectivity index (χ1v) is 7.89. The largest absolute Gasteiger partial charge is 0.356 e. The number of hydrogen-bond donors (Lipinski definition) is 0. The van der Waals surface area contributed by atoms with Gasteiger partial charge in [-0.05, 0) is 31.9 Å². The van der Waals surface area contributed by atoms with Gasteiger partial charge in [-0.2, -0.15) is 0 Å². The van der Waals surface area contributed by atoms with Crippen molar-refractivity contribution < 1.29 is 0 Å². The Bertz CT molecular complexity index is 623. The second-order valence-electron chi connectivity index (χ2n) is 5.68. The van der Waals surface area contributed by atoms with Crippen molar-refractivity contribution in [2.75, 3.05) is 29.9 Å². The molecule has 1 aliphatic rings. The molecule has 2 aromatic rings. The van der Waals surface area contributed by atoms with Crippen LogP contribution in [0, 0.1) is 6.92 Å². The van der Waals surface area contributed by atoms with Crippen LogP contribution in [-0.4, -0.2) is 41.1 Å². The lowest BCUT2D eigenvalue weighted by Gasteiger charge is -2.37. The summed E-state index contributed by atoms with van der Waals surface area (Å²) in [5.74, 6) is 2.00. The molecule has 0 amide bonds. The fourth-order valence-corrected chi connectivity index (χ4v) is 2.97. The molecule has 3 heterocycles. The molecule has 6 heteroatoms. The van der Waals surface area contributed by atoms with Crippen molar-refractivity contribution >= 4 is 23.2 Å². The molecular weight excluding hydrogens is 298 g/mol. The highest BCUT2D eigenvalue weighted by Crippen LogP contribution is 2.24. The minimum atomic E-state index is 0.498. The Labute approximate surface area is 136 Å². The Morgan fingerprint density at radius 1 is 1.18 bits per heavy atom. The van der Waals surface area contributed by atoms with Crippen LogP contribution in [0.4, 0.5) is 11.6 Å². The summed E-state index contributed by atoms with van der Waals surface area (Å²) in [6.07, 6.45) is 5.51. The Hall–Kier alpha value is -1.88. The maximum Gasteiger partial charge on any atom is 0.132 e. The number of nitrogens with zero attached hydrogens (tertiary/aromatic N) is 5. The molecule has 5 nitrogen and oxygen atoms in total. The molecule has 0 saturated carbocycles. The zero-order valence-corrected chi connectivity index (χ0v) is 13.7. The summed E-state index contributed by atoms with van der Waals surface area (Å²) in [5, 5.41) is 0.678. The first-order chi connectivity index (χ1) is 10.6. The van der Waals surface area contributed by atoms with Crippen LogP contribution in [0.25, 0.3) is 0 Å². The smallest absolute Gasteiger partial charge is 0.132 e. The quantitative estimate of drug-likeness (QED) is 0.871. The first-order valence-electron chi connectivity index (χ1n) is 7.51. The molecule has 0 N–H and O–H groups in total. The van der Waals surface area contributed by atoms with E-state index in [9.17, 15) is 0 Å². The number of aromatic nitrogens is 3. The van der Waals surface area contributed by atoms with Crippen molar-refractivity contribution in [1.82, 2.24) is 15.0 Å². The molecular formula is C16H20ClN5. The molecule has 0 bridgehead atoms. The third-order valence-electron chi connectivity index (χ3n) is 4.20. The van der Waals surface area contributed by atoms with E-state index in [4.69, 9.17) is 11.6 Å². The van der Waals surface area contributed by atoms with Gasteiger partial charge in [0.05, 0.1) is 5.02 Å². The van der Waals surface area contributed by atoms with E-state index in [1.165, 1.54) is 0 Å². The summed E-state index contributed by atoms with van der Waals surface area (Å²) >= 11 is 5.90. The van der Waals surface area contributed by atoms with Crippen molar-refractivity contribution in [3.05, 3.63) is 41.4 Å². The lowest BCUT2D eigenvalue weighted by atomic mass is 10.0. The maximum atomic E-state index is 5.90. The van der Waals surface area contributed by atoms with Gasteiger partial charge >= 0.3 is 0 Å². The second-order valence-corrected chi connectivity index (χ2v) is 6.12. The first kappa shape index (κ1) is 15.0. The fourth-order valence-electron chi connectivity index (χ4n) is 2.86. The van der Waals surface area contributed by atoms with Gasteiger partial charge in [0.2, 0.25) is 0 Å². The average Bonchev–Trinajstić information content (AvgIpc) is 2.55. The average molecular weight is 318 g/mol. The van der Waals surface area contributed by atoms with Crippen LogP contribution in [0.3, 0.4) is 0 Å². The monoisotopic (exact) mass is 317 g/mol.